The molecule has 0 saturated heterocycles. The lowest BCUT2D eigenvalue weighted by atomic mass is 10.1. The quantitative estimate of drug-likeness (QED) is 0.284. The van der Waals surface area contributed by atoms with Crippen LogP contribution in [0.3, 0.4) is 0 Å². The van der Waals surface area contributed by atoms with Crippen LogP contribution in [0.25, 0.3) is 22.4 Å². The van der Waals surface area contributed by atoms with E-state index in [-0.39, 0.29) is 17.4 Å². The maximum Gasteiger partial charge on any atom is 0.236 e. The fourth-order valence-electron chi connectivity index (χ4n) is 4.32. The zero-order valence-electron chi connectivity index (χ0n) is 19.1. The topological polar surface area (TPSA) is 126 Å². The SMILES string of the molecule is O=S(=O)(Nc1ccc(F)c(Nc2ncccc2-c2ncnc3[nH]cnc23)c1F)C1CC1c1ccccc1. The van der Waals surface area contributed by atoms with Crippen LogP contribution in [0.5, 0.6) is 0 Å². The van der Waals surface area contributed by atoms with Gasteiger partial charge in [-0.25, -0.2) is 37.1 Å². The van der Waals surface area contributed by atoms with Crippen molar-refractivity contribution >= 4 is 38.4 Å². The highest BCUT2D eigenvalue weighted by atomic mass is 32.2. The third kappa shape index (κ3) is 4.25. The summed E-state index contributed by atoms with van der Waals surface area (Å²) in [5.74, 6) is -2.08. The first-order chi connectivity index (χ1) is 17.9. The summed E-state index contributed by atoms with van der Waals surface area (Å²) in [7, 11) is -3.92. The highest BCUT2D eigenvalue weighted by molar-refractivity contribution is 7.93. The average molecular weight is 520 g/mol. The number of nitrogens with one attached hydrogen (secondary N) is 3. The molecule has 1 aliphatic carbocycles. The number of benzene rings is 2. The summed E-state index contributed by atoms with van der Waals surface area (Å²) >= 11 is 0. The highest BCUT2D eigenvalue weighted by Crippen LogP contribution is 2.46. The second-order valence-corrected chi connectivity index (χ2v) is 10.5. The summed E-state index contributed by atoms with van der Waals surface area (Å²) in [6.45, 7) is 0. The zero-order chi connectivity index (χ0) is 25.6. The van der Waals surface area contributed by atoms with E-state index in [0.29, 0.717) is 28.8 Å². The molecule has 9 nitrogen and oxygen atoms in total. The molecule has 6 rings (SSSR count). The number of fused-ring (bicyclic) bond motifs is 1. The minimum absolute atomic E-state index is 0.106. The van der Waals surface area contributed by atoms with Gasteiger partial charge in [-0.3, -0.25) is 4.72 Å². The van der Waals surface area contributed by atoms with Gasteiger partial charge in [0.05, 0.1) is 17.3 Å². The first-order valence-corrected chi connectivity index (χ1v) is 12.9. The van der Waals surface area contributed by atoms with Crippen LogP contribution in [-0.4, -0.2) is 38.6 Å². The summed E-state index contributed by atoms with van der Waals surface area (Å²) in [6.07, 6.45) is 4.67. The molecule has 12 heteroatoms. The Balaban J connectivity index is 1.31. The Kier molecular flexibility index (Phi) is 5.52. The van der Waals surface area contributed by atoms with Crippen molar-refractivity contribution < 1.29 is 17.2 Å². The van der Waals surface area contributed by atoms with E-state index in [1.54, 1.807) is 12.1 Å². The average Bonchev–Trinajstić information content (AvgIpc) is 3.59. The predicted molar refractivity (Wildman–Crippen MR) is 135 cm³/mol. The van der Waals surface area contributed by atoms with E-state index in [1.807, 2.05) is 30.3 Å². The number of rotatable bonds is 7. The van der Waals surface area contributed by atoms with Crippen molar-refractivity contribution in [2.75, 3.05) is 10.0 Å². The van der Waals surface area contributed by atoms with Crippen molar-refractivity contribution in [1.29, 1.82) is 0 Å². The number of sulfonamides is 1. The molecule has 0 radical (unpaired) electrons. The number of imidazole rings is 1. The van der Waals surface area contributed by atoms with E-state index in [0.717, 1.165) is 17.7 Å². The third-order valence-electron chi connectivity index (χ3n) is 6.22. The van der Waals surface area contributed by atoms with Crippen LogP contribution < -0.4 is 10.0 Å². The lowest BCUT2D eigenvalue weighted by Gasteiger charge is -2.15. The van der Waals surface area contributed by atoms with Crippen molar-refractivity contribution in [3.63, 3.8) is 0 Å². The molecule has 3 heterocycles. The van der Waals surface area contributed by atoms with Gasteiger partial charge in [0.1, 0.15) is 34.9 Å². The number of H-pyrrole nitrogens is 1. The van der Waals surface area contributed by atoms with Crippen LogP contribution in [0.15, 0.2) is 73.4 Å². The molecular formula is C25H19F2N7O2S. The molecule has 37 heavy (non-hydrogen) atoms. The summed E-state index contributed by atoms with van der Waals surface area (Å²) in [6, 6.07) is 14.6. The molecule has 3 aromatic heterocycles. The van der Waals surface area contributed by atoms with E-state index in [9.17, 15) is 12.8 Å². The van der Waals surface area contributed by atoms with Crippen LogP contribution in [0.1, 0.15) is 17.9 Å². The summed E-state index contributed by atoms with van der Waals surface area (Å²) in [4.78, 5) is 19.7. The first kappa shape index (κ1) is 23.0. The molecule has 0 spiro atoms. The Morgan fingerprint density at radius 2 is 1.78 bits per heavy atom. The van der Waals surface area contributed by atoms with Gasteiger partial charge in [-0.15, -0.1) is 0 Å². The maximum absolute atomic E-state index is 15.5. The molecule has 0 amide bonds. The molecule has 1 saturated carbocycles. The van der Waals surface area contributed by atoms with Gasteiger partial charge in [-0.1, -0.05) is 30.3 Å². The second kappa shape index (κ2) is 8.89. The summed E-state index contributed by atoms with van der Waals surface area (Å²) in [5, 5.41) is 1.97. The van der Waals surface area contributed by atoms with E-state index in [1.165, 1.54) is 18.9 Å². The standard InChI is InChI=1S/C25H19F2N7O2S/c26-17-8-9-18(34-37(35,36)19-11-16(19)14-5-2-1-3-6-14)20(27)22(17)33-24-15(7-4-10-28-24)21-23-25(31-12-29-21)32-13-30-23/h1-10,12-13,16,19,34H,11H2,(H,28,33)(H,29,30,31,32). The van der Waals surface area contributed by atoms with Gasteiger partial charge in [0.15, 0.2) is 11.5 Å². The van der Waals surface area contributed by atoms with Gasteiger partial charge >= 0.3 is 0 Å². The van der Waals surface area contributed by atoms with Gasteiger partial charge < -0.3 is 10.3 Å². The molecule has 2 atom stereocenters. The first-order valence-electron chi connectivity index (χ1n) is 11.3. The number of anilines is 3. The van der Waals surface area contributed by atoms with Crippen LogP contribution in [0.4, 0.5) is 26.0 Å². The summed E-state index contributed by atoms with van der Waals surface area (Å²) in [5.41, 5.74) is 1.76. The van der Waals surface area contributed by atoms with Crippen molar-refractivity contribution in [2.45, 2.75) is 17.6 Å². The van der Waals surface area contributed by atoms with Crippen LogP contribution in [0, 0.1) is 11.6 Å². The second-order valence-electron chi connectivity index (χ2n) is 8.57. The number of aromatic nitrogens is 5. The Hall–Kier alpha value is -4.45. The van der Waals surface area contributed by atoms with Gasteiger partial charge in [0.25, 0.3) is 0 Å². The van der Waals surface area contributed by atoms with Crippen molar-refractivity contribution in [3.8, 4) is 11.3 Å². The van der Waals surface area contributed by atoms with Crippen LogP contribution >= 0.6 is 0 Å². The minimum Gasteiger partial charge on any atom is -0.335 e. The Morgan fingerprint density at radius 3 is 2.62 bits per heavy atom. The van der Waals surface area contributed by atoms with Crippen molar-refractivity contribution in [1.82, 2.24) is 24.9 Å². The van der Waals surface area contributed by atoms with E-state index >= 15 is 4.39 Å². The number of pyridine rings is 1. The minimum atomic E-state index is -3.92. The molecular weight excluding hydrogens is 500 g/mol. The highest BCUT2D eigenvalue weighted by Gasteiger charge is 2.48. The number of hydrogen-bond donors (Lipinski definition) is 3. The Bertz CT molecular complexity index is 1730. The fourth-order valence-corrected chi connectivity index (χ4v) is 5.98. The monoisotopic (exact) mass is 519 g/mol. The predicted octanol–water partition coefficient (Wildman–Crippen LogP) is 4.73. The van der Waals surface area contributed by atoms with Crippen molar-refractivity contribution in [3.05, 3.63) is 90.6 Å². The lowest BCUT2D eigenvalue weighted by Crippen LogP contribution is -2.20. The van der Waals surface area contributed by atoms with Gasteiger partial charge in [0, 0.05) is 17.7 Å². The number of aromatic amines is 1. The molecule has 1 aliphatic rings. The molecule has 3 N–H and O–H groups in total. The number of hydrogen-bond acceptors (Lipinski definition) is 7. The molecule has 0 aliphatic heterocycles. The van der Waals surface area contributed by atoms with E-state index in [4.69, 9.17) is 0 Å². The van der Waals surface area contributed by atoms with Crippen LogP contribution in [0.2, 0.25) is 0 Å². The molecule has 2 unspecified atom stereocenters. The molecule has 186 valence electrons. The third-order valence-corrected chi connectivity index (χ3v) is 8.05. The maximum atomic E-state index is 15.5. The summed E-state index contributed by atoms with van der Waals surface area (Å²) < 4.78 is 58.5. The van der Waals surface area contributed by atoms with Crippen molar-refractivity contribution in [2.24, 2.45) is 0 Å². The lowest BCUT2D eigenvalue weighted by molar-refractivity contribution is 0.588. The fraction of sp³-hybridized carbons (Fsp3) is 0.120. The molecule has 1 fully saturated rings. The number of halogens is 2. The van der Waals surface area contributed by atoms with Gasteiger partial charge in [-0.05, 0) is 36.2 Å². The largest absolute Gasteiger partial charge is 0.335 e. The van der Waals surface area contributed by atoms with E-state index in [2.05, 4.69) is 35.0 Å². The van der Waals surface area contributed by atoms with Gasteiger partial charge in [-0.2, -0.15) is 0 Å². The molecule has 2 aromatic carbocycles. The smallest absolute Gasteiger partial charge is 0.236 e. The van der Waals surface area contributed by atoms with Crippen LogP contribution in [-0.2, 0) is 10.0 Å². The normalized spacial score (nSPS) is 17.0. The molecule has 5 aromatic rings. The Morgan fingerprint density at radius 1 is 0.946 bits per heavy atom. The Labute approximate surface area is 210 Å². The zero-order valence-corrected chi connectivity index (χ0v) is 19.9. The van der Waals surface area contributed by atoms with Gasteiger partial charge in [0.2, 0.25) is 10.0 Å². The number of nitrogens with zero attached hydrogens (tertiary/aromatic N) is 4. The molecule has 0 bridgehead atoms. The van der Waals surface area contributed by atoms with E-state index < -0.39 is 32.6 Å².